The van der Waals surface area contributed by atoms with Crippen LogP contribution in [0.25, 0.3) is 11.2 Å². The number of hydrogen-bond acceptors (Lipinski definition) is 9. The van der Waals surface area contributed by atoms with Crippen LogP contribution in [0.4, 0.5) is 5.95 Å². The summed E-state index contributed by atoms with van der Waals surface area (Å²) in [6.45, 7) is 11.8. The molecular weight excluding hydrogens is 428 g/mol. The molecule has 2 aromatic rings. The van der Waals surface area contributed by atoms with Crippen LogP contribution in [0.15, 0.2) is 4.79 Å². The third-order valence-electron chi connectivity index (χ3n) is 6.24. The van der Waals surface area contributed by atoms with Crippen LogP contribution in [0.2, 0.25) is 0 Å². The quantitative estimate of drug-likeness (QED) is 0.397. The number of methoxy groups -OCH3 is 1. The molecule has 186 valence electrons. The number of anilines is 1. The van der Waals surface area contributed by atoms with Gasteiger partial charge in [0.1, 0.15) is 30.3 Å². The first-order valence-electron chi connectivity index (χ1n) is 11.1. The maximum atomic E-state index is 13.1. The average Bonchev–Trinajstić information content (AvgIpc) is 3.06. The zero-order valence-electron chi connectivity index (χ0n) is 20.9. The summed E-state index contributed by atoms with van der Waals surface area (Å²) in [5.74, 6) is 0.572. The number of nitrogens with two attached hydrogens (primary N) is 1. The van der Waals surface area contributed by atoms with E-state index in [0.29, 0.717) is 17.4 Å². The number of aromatic nitrogens is 4. The van der Waals surface area contributed by atoms with Crippen molar-refractivity contribution in [2.45, 2.75) is 65.8 Å². The van der Waals surface area contributed by atoms with Gasteiger partial charge in [-0.3, -0.25) is 19.1 Å². The van der Waals surface area contributed by atoms with Crippen LogP contribution >= 0.6 is 0 Å². The predicted molar refractivity (Wildman–Crippen MR) is 126 cm³/mol. The molecule has 4 N–H and O–H groups in total. The van der Waals surface area contributed by atoms with E-state index in [-0.39, 0.29) is 43.3 Å². The van der Waals surface area contributed by atoms with Crippen molar-refractivity contribution in [3.8, 4) is 0 Å². The number of carbonyl (C=O) groups is 1. The second-order valence-electron chi connectivity index (χ2n) is 9.15. The number of hydrogen-bond donors (Lipinski definition) is 3. The van der Waals surface area contributed by atoms with E-state index < -0.39 is 16.7 Å². The van der Waals surface area contributed by atoms with E-state index >= 15 is 0 Å². The molecule has 0 radical (unpaired) electrons. The van der Waals surface area contributed by atoms with E-state index in [9.17, 15) is 9.59 Å². The molecule has 2 rings (SSSR count). The van der Waals surface area contributed by atoms with E-state index in [0.717, 1.165) is 6.42 Å². The lowest BCUT2D eigenvalue weighted by Gasteiger charge is -2.38. The molecule has 33 heavy (non-hydrogen) atoms. The zero-order valence-corrected chi connectivity index (χ0v) is 20.9. The lowest BCUT2D eigenvalue weighted by molar-refractivity contribution is -0.174. The molecule has 11 nitrogen and oxygen atoms in total. The number of nitrogens with one attached hydrogen (secondary N) is 2. The molecule has 0 aliphatic rings. The minimum atomic E-state index is -0.950. The van der Waals surface area contributed by atoms with Gasteiger partial charge in [0.2, 0.25) is 5.95 Å². The number of imidazole rings is 1. The summed E-state index contributed by atoms with van der Waals surface area (Å²) < 4.78 is 18.8. The summed E-state index contributed by atoms with van der Waals surface area (Å²) in [6.07, 6.45) is 0.832. The Labute approximate surface area is 194 Å². The van der Waals surface area contributed by atoms with Crippen molar-refractivity contribution < 1.29 is 19.0 Å². The number of nitrogen functional groups attached to an aromatic ring is 1. The van der Waals surface area contributed by atoms with Crippen LogP contribution in [0, 0.1) is 18.8 Å². The van der Waals surface area contributed by atoms with Crippen LogP contribution in [-0.4, -0.2) is 64.0 Å². The predicted octanol–water partition coefficient (Wildman–Crippen LogP) is 1.59. The van der Waals surface area contributed by atoms with Crippen LogP contribution < -0.4 is 16.6 Å². The molecule has 0 spiro atoms. The number of rotatable bonds is 12. The molecule has 11 heteroatoms. The number of likely N-dealkylation sites (N-methyl/N-ethyl adjacent to an activating group) is 1. The van der Waals surface area contributed by atoms with Crippen molar-refractivity contribution in [1.29, 1.82) is 0 Å². The van der Waals surface area contributed by atoms with Gasteiger partial charge in [-0.05, 0) is 39.7 Å². The van der Waals surface area contributed by atoms with Crippen molar-refractivity contribution >= 4 is 23.1 Å². The maximum absolute atomic E-state index is 13.1. The summed E-state index contributed by atoms with van der Waals surface area (Å²) in [5, 5.41) is 3.16. The fourth-order valence-corrected chi connectivity index (χ4v) is 4.29. The van der Waals surface area contributed by atoms with Crippen molar-refractivity contribution in [2.24, 2.45) is 11.8 Å². The Morgan fingerprint density at radius 1 is 1.27 bits per heavy atom. The van der Waals surface area contributed by atoms with Crippen LogP contribution in [-0.2, 0) is 25.7 Å². The summed E-state index contributed by atoms with van der Waals surface area (Å²) in [5.41, 5.74) is 3.98. The van der Waals surface area contributed by atoms with Crippen LogP contribution in [0.5, 0.6) is 0 Å². The van der Waals surface area contributed by atoms with Gasteiger partial charge in [-0.25, -0.2) is 4.98 Å². The largest absolute Gasteiger partial charge is 0.461 e. The van der Waals surface area contributed by atoms with Gasteiger partial charge in [0.05, 0.1) is 6.61 Å². The van der Waals surface area contributed by atoms with Crippen LogP contribution in [0.3, 0.4) is 0 Å². The van der Waals surface area contributed by atoms with Gasteiger partial charge in [-0.15, -0.1) is 0 Å². The van der Waals surface area contributed by atoms with E-state index in [1.165, 1.54) is 0 Å². The summed E-state index contributed by atoms with van der Waals surface area (Å²) in [6, 6.07) is 0. The van der Waals surface area contributed by atoms with E-state index in [1.54, 1.807) is 32.6 Å². The highest BCUT2D eigenvalue weighted by molar-refractivity contribution is 5.81. The van der Waals surface area contributed by atoms with Crippen LogP contribution in [0.1, 0.15) is 46.9 Å². The van der Waals surface area contributed by atoms with Gasteiger partial charge < -0.3 is 25.3 Å². The average molecular weight is 467 g/mol. The van der Waals surface area contributed by atoms with Gasteiger partial charge >= 0.3 is 5.97 Å². The minimum absolute atomic E-state index is 0.00999. The third kappa shape index (κ3) is 5.71. The van der Waals surface area contributed by atoms with Crippen molar-refractivity contribution in [1.82, 2.24) is 24.8 Å². The molecule has 0 bridgehead atoms. The summed E-state index contributed by atoms with van der Waals surface area (Å²) in [4.78, 5) is 36.1. The van der Waals surface area contributed by atoms with Gasteiger partial charge in [0.25, 0.3) is 5.56 Å². The van der Waals surface area contributed by atoms with E-state index in [1.807, 2.05) is 6.92 Å². The highest BCUT2D eigenvalue weighted by Gasteiger charge is 2.43. The Morgan fingerprint density at radius 2 is 1.94 bits per heavy atom. The first-order valence-corrected chi connectivity index (χ1v) is 11.1. The number of H-pyrrole nitrogens is 1. The Kier molecular flexibility index (Phi) is 8.61. The van der Waals surface area contributed by atoms with E-state index in [4.69, 9.17) is 19.9 Å². The number of ether oxygens (including phenoxy) is 3. The van der Waals surface area contributed by atoms with Gasteiger partial charge in [-0.2, -0.15) is 4.98 Å². The summed E-state index contributed by atoms with van der Waals surface area (Å²) in [7, 11) is 3.32. The number of aromatic amines is 1. The van der Waals surface area contributed by atoms with Gasteiger partial charge in [0, 0.05) is 7.11 Å². The van der Waals surface area contributed by atoms with E-state index in [2.05, 4.69) is 41.0 Å². The molecular formula is C22H38N6O5. The highest BCUT2D eigenvalue weighted by Crippen LogP contribution is 2.29. The first-order chi connectivity index (χ1) is 15.4. The molecule has 0 aliphatic heterocycles. The van der Waals surface area contributed by atoms with Crippen molar-refractivity contribution in [3.63, 3.8) is 0 Å². The second kappa shape index (κ2) is 10.6. The molecule has 1 unspecified atom stereocenters. The molecule has 2 heterocycles. The van der Waals surface area contributed by atoms with Gasteiger partial charge in [-0.1, -0.05) is 27.2 Å². The lowest BCUT2D eigenvalue weighted by Crippen LogP contribution is -2.56. The Hall–Kier alpha value is -2.50. The number of nitrogens with zero attached hydrogens (tertiary/aromatic N) is 3. The lowest BCUT2D eigenvalue weighted by atomic mass is 9.76. The molecule has 0 fully saturated rings. The molecule has 0 saturated heterocycles. The normalized spacial score (nSPS) is 16.5. The third-order valence-corrected chi connectivity index (χ3v) is 6.24. The fourth-order valence-electron chi connectivity index (χ4n) is 4.29. The van der Waals surface area contributed by atoms with Gasteiger partial charge in [0.15, 0.2) is 11.2 Å². The maximum Gasteiger partial charge on any atom is 0.326 e. The fraction of sp³-hybridized carbons (Fsp3) is 0.727. The molecule has 0 saturated carbocycles. The second-order valence-corrected chi connectivity index (χ2v) is 9.15. The monoisotopic (exact) mass is 466 g/mol. The number of carbonyl (C=O) groups excluding carboxylic acids is 1. The molecule has 0 aliphatic carbocycles. The molecule has 3 atom stereocenters. The first kappa shape index (κ1) is 26.7. The van der Waals surface area contributed by atoms with Crippen molar-refractivity contribution in [2.75, 3.05) is 33.1 Å². The molecule has 0 aromatic carbocycles. The minimum Gasteiger partial charge on any atom is -0.461 e. The Balaban J connectivity index is 2.21. The smallest absolute Gasteiger partial charge is 0.326 e. The highest BCUT2D eigenvalue weighted by atomic mass is 16.6. The molecule has 2 aromatic heterocycles. The zero-order chi connectivity index (χ0) is 25.0. The standard InChI is InChI=1S/C22H38N6O5/c1-9-15(13(2)3)22(6,24-7)19(30)32-11-21(5,10-31-8)33-12-28-14(4)25-16-17(28)26-20(23)27-18(16)29/h13,15,24H,9-12H2,1-8H3,(H3,23,26,27,29)/t15-,21?,22+/m1/s1. The number of esters is 1. The molecule has 0 amide bonds. The Morgan fingerprint density at radius 3 is 2.48 bits per heavy atom. The summed E-state index contributed by atoms with van der Waals surface area (Å²) >= 11 is 0. The topological polar surface area (TPSA) is 146 Å². The van der Waals surface area contributed by atoms with Crippen molar-refractivity contribution in [3.05, 3.63) is 16.2 Å². The number of fused-ring (bicyclic) bond motifs is 1. The SMILES string of the molecule is CC[C@H](C(C)C)[C@](C)(NC)C(=O)OCC(C)(COC)OCn1c(C)nc2c(=O)[nH]c(N)nc21. The number of aryl methyl sites for hydroxylation is 1. The Bertz CT molecular complexity index is 1020.